The minimum Gasteiger partial charge on any atom is -0.383 e. The molecule has 1 fully saturated rings. The fourth-order valence-corrected chi connectivity index (χ4v) is 5.33. The zero-order valence-electron chi connectivity index (χ0n) is 16.8. The number of rotatable bonds is 6. The van der Waals surface area contributed by atoms with Gasteiger partial charge in [-0.15, -0.1) is 11.3 Å². The molecule has 2 heterocycles. The number of hydrogen-bond donors (Lipinski definition) is 3. The Balaban J connectivity index is 1.69. The highest BCUT2D eigenvalue weighted by Crippen LogP contribution is 2.39. The van der Waals surface area contributed by atoms with Gasteiger partial charge in [0.05, 0.1) is 5.39 Å². The summed E-state index contributed by atoms with van der Waals surface area (Å²) in [5.74, 6) is 0.115. The zero-order valence-corrected chi connectivity index (χ0v) is 17.6. The molecule has 1 aliphatic rings. The van der Waals surface area contributed by atoms with Crippen LogP contribution in [0.3, 0.4) is 0 Å². The minimum absolute atomic E-state index is 0.181. The van der Waals surface area contributed by atoms with E-state index in [0.29, 0.717) is 12.1 Å². The Labute approximate surface area is 173 Å². The van der Waals surface area contributed by atoms with Crippen molar-refractivity contribution in [3.8, 4) is 0 Å². The van der Waals surface area contributed by atoms with Gasteiger partial charge in [0.25, 0.3) is 0 Å². The molecule has 0 unspecified atom stereocenters. The van der Waals surface area contributed by atoms with Crippen molar-refractivity contribution < 1.29 is 9.90 Å². The molecular weight excluding hydrogens is 386 g/mol. The third-order valence-corrected chi connectivity index (χ3v) is 6.95. The summed E-state index contributed by atoms with van der Waals surface area (Å²) < 4.78 is 1.06. The van der Waals surface area contributed by atoms with E-state index < -0.39 is 12.0 Å². The molecule has 1 aliphatic carbocycles. The Hall–Kier alpha value is -2.29. The molecule has 0 radical (unpaired) electrons. The van der Waals surface area contributed by atoms with E-state index in [-0.39, 0.29) is 6.42 Å². The second kappa shape index (κ2) is 8.22. The average Bonchev–Trinajstić information content (AvgIpc) is 3.09. The summed E-state index contributed by atoms with van der Waals surface area (Å²) in [5, 5.41) is 15.6. The predicted molar refractivity (Wildman–Crippen MR) is 117 cm³/mol. The van der Waals surface area contributed by atoms with Gasteiger partial charge in [-0.1, -0.05) is 12.1 Å². The molecule has 154 valence electrons. The number of benzene rings is 1. The molecule has 1 saturated carbocycles. The molecule has 3 aromatic rings. The van der Waals surface area contributed by atoms with Crippen LogP contribution >= 0.6 is 11.3 Å². The number of carbonyl (C=O) groups excluding carboxylic acids is 1. The number of amides is 1. The molecule has 0 aliphatic heterocycles. The first kappa shape index (κ1) is 20.0. The minimum atomic E-state index is -1.21. The van der Waals surface area contributed by atoms with E-state index in [1.54, 1.807) is 17.7 Å². The lowest BCUT2D eigenvalue weighted by atomic mass is 9.90. The SMILES string of the molecule is CN(C)[C@H]1CC[C@H](Nc2ncnc3sc4cccc(C[C@H](O)C(N)=O)c4c23)CC1. The molecule has 0 bridgehead atoms. The van der Waals surface area contributed by atoms with Gasteiger partial charge in [0.2, 0.25) is 5.91 Å². The van der Waals surface area contributed by atoms with Gasteiger partial charge in [-0.2, -0.15) is 0 Å². The number of nitrogens with one attached hydrogen (secondary N) is 1. The van der Waals surface area contributed by atoms with Gasteiger partial charge in [0.15, 0.2) is 0 Å². The monoisotopic (exact) mass is 413 g/mol. The molecular formula is C21H27N5O2S. The lowest BCUT2D eigenvalue weighted by Gasteiger charge is -2.33. The first-order valence-electron chi connectivity index (χ1n) is 9.99. The molecule has 4 rings (SSSR count). The van der Waals surface area contributed by atoms with Crippen molar-refractivity contribution in [1.82, 2.24) is 14.9 Å². The lowest BCUT2D eigenvalue weighted by molar-refractivity contribution is -0.125. The van der Waals surface area contributed by atoms with E-state index >= 15 is 0 Å². The molecule has 7 nitrogen and oxygen atoms in total. The lowest BCUT2D eigenvalue weighted by Crippen LogP contribution is -2.36. The first-order chi connectivity index (χ1) is 13.9. The topological polar surface area (TPSA) is 104 Å². The van der Waals surface area contributed by atoms with Gasteiger partial charge < -0.3 is 21.1 Å². The van der Waals surface area contributed by atoms with E-state index in [4.69, 9.17) is 5.73 Å². The van der Waals surface area contributed by atoms with Crippen LogP contribution in [0.5, 0.6) is 0 Å². The quantitative estimate of drug-likeness (QED) is 0.574. The number of nitrogens with two attached hydrogens (primary N) is 1. The van der Waals surface area contributed by atoms with E-state index in [1.165, 1.54) is 12.8 Å². The Bertz CT molecular complexity index is 1030. The molecule has 1 atom stereocenters. The second-order valence-corrected chi connectivity index (χ2v) is 9.06. The molecule has 0 spiro atoms. The number of anilines is 1. The van der Waals surface area contributed by atoms with Gasteiger partial charge in [0, 0.05) is 28.6 Å². The van der Waals surface area contributed by atoms with Crippen LogP contribution in [-0.2, 0) is 11.2 Å². The number of primary amides is 1. The summed E-state index contributed by atoms with van der Waals surface area (Å²) in [6.45, 7) is 0. The smallest absolute Gasteiger partial charge is 0.246 e. The Morgan fingerprint density at radius 3 is 2.72 bits per heavy atom. The Morgan fingerprint density at radius 1 is 1.28 bits per heavy atom. The van der Waals surface area contributed by atoms with Crippen molar-refractivity contribution >= 4 is 43.4 Å². The van der Waals surface area contributed by atoms with Gasteiger partial charge in [0.1, 0.15) is 23.1 Å². The number of aliphatic hydroxyl groups excluding tert-OH is 1. The van der Waals surface area contributed by atoms with Crippen LogP contribution in [-0.4, -0.2) is 58.2 Å². The van der Waals surface area contributed by atoms with Crippen LogP contribution in [0.15, 0.2) is 24.5 Å². The maximum atomic E-state index is 11.4. The summed E-state index contributed by atoms with van der Waals surface area (Å²) in [6.07, 6.45) is 5.11. The van der Waals surface area contributed by atoms with Crippen LogP contribution in [0, 0.1) is 0 Å². The van der Waals surface area contributed by atoms with Crippen LogP contribution in [0.2, 0.25) is 0 Å². The van der Waals surface area contributed by atoms with Gasteiger partial charge in [-0.05, 0) is 51.4 Å². The Kier molecular flexibility index (Phi) is 5.67. The van der Waals surface area contributed by atoms with E-state index in [2.05, 4.69) is 34.3 Å². The van der Waals surface area contributed by atoms with Crippen molar-refractivity contribution in [3.63, 3.8) is 0 Å². The summed E-state index contributed by atoms with van der Waals surface area (Å²) >= 11 is 1.60. The number of thiophene rings is 1. The third-order valence-electron chi connectivity index (χ3n) is 5.89. The average molecular weight is 414 g/mol. The largest absolute Gasteiger partial charge is 0.383 e. The molecule has 0 saturated heterocycles. The van der Waals surface area contributed by atoms with Crippen molar-refractivity contribution in [2.45, 2.75) is 50.3 Å². The van der Waals surface area contributed by atoms with Crippen LogP contribution < -0.4 is 11.1 Å². The van der Waals surface area contributed by atoms with E-state index in [0.717, 1.165) is 44.5 Å². The fraction of sp³-hybridized carbons (Fsp3) is 0.476. The fourth-order valence-electron chi connectivity index (χ4n) is 4.24. The number of nitrogens with zero attached hydrogens (tertiary/aromatic N) is 3. The predicted octanol–water partition coefficient (Wildman–Crippen LogP) is 2.52. The van der Waals surface area contributed by atoms with Crippen LogP contribution in [0.1, 0.15) is 31.2 Å². The maximum absolute atomic E-state index is 11.4. The molecule has 8 heteroatoms. The maximum Gasteiger partial charge on any atom is 0.246 e. The standard InChI is InChI=1S/C21H27N5O2S/c1-26(2)14-8-6-13(7-9-14)25-20-18-17-12(10-15(27)19(22)28)4-3-5-16(17)29-21(18)24-11-23-20/h3-5,11,13-15,27H,6-10H2,1-2H3,(H2,22,28)(H,23,24,25)/t13-,14-,15-/m0/s1. The highest BCUT2D eigenvalue weighted by molar-refractivity contribution is 7.25. The molecule has 2 aromatic heterocycles. The second-order valence-electron chi connectivity index (χ2n) is 8.03. The zero-order chi connectivity index (χ0) is 20.5. The van der Waals surface area contributed by atoms with E-state index in [9.17, 15) is 9.90 Å². The molecule has 1 aromatic carbocycles. The Morgan fingerprint density at radius 2 is 2.03 bits per heavy atom. The number of aromatic nitrogens is 2. The van der Waals surface area contributed by atoms with E-state index in [1.807, 2.05) is 18.2 Å². The number of aliphatic hydroxyl groups is 1. The summed E-state index contributed by atoms with van der Waals surface area (Å²) in [6, 6.07) is 6.92. The number of hydrogen-bond acceptors (Lipinski definition) is 7. The summed E-state index contributed by atoms with van der Waals surface area (Å²) in [5.41, 5.74) is 6.16. The van der Waals surface area contributed by atoms with Gasteiger partial charge in [-0.3, -0.25) is 4.79 Å². The molecule has 29 heavy (non-hydrogen) atoms. The molecule has 1 amide bonds. The number of carbonyl (C=O) groups is 1. The summed E-state index contributed by atoms with van der Waals surface area (Å²) in [7, 11) is 4.29. The van der Waals surface area contributed by atoms with Crippen LogP contribution in [0.25, 0.3) is 20.3 Å². The highest BCUT2D eigenvalue weighted by atomic mass is 32.1. The van der Waals surface area contributed by atoms with Crippen molar-refractivity contribution in [1.29, 1.82) is 0 Å². The van der Waals surface area contributed by atoms with Gasteiger partial charge >= 0.3 is 0 Å². The highest BCUT2D eigenvalue weighted by Gasteiger charge is 2.24. The van der Waals surface area contributed by atoms with Crippen molar-refractivity contribution in [2.75, 3.05) is 19.4 Å². The first-order valence-corrected chi connectivity index (χ1v) is 10.8. The third kappa shape index (κ3) is 4.05. The van der Waals surface area contributed by atoms with Gasteiger partial charge in [-0.25, -0.2) is 9.97 Å². The number of fused-ring (bicyclic) bond motifs is 3. The van der Waals surface area contributed by atoms with Crippen LogP contribution in [0.4, 0.5) is 5.82 Å². The normalized spacial score (nSPS) is 21.0. The van der Waals surface area contributed by atoms with Crippen molar-refractivity contribution in [2.24, 2.45) is 5.73 Å². The van der Waals surface area contributed by atoms with Crippen molar-refractivity contribution in [3.05, 3.63) is 30.1 Å². The molecule has 4 N–H and O–H groups in total. The summed E-state index contributed by atoms with van der Waals surface area (Å²) in [4.78, 5) is 23.6.